The molecule has 5 heteroatoms. The molecule has 1 nitrogen and oxygen atoms in total. The zero-order valence-electron chi connectivity index (χ0n) is 12.2. The van der Waals surface area contributed by atoms with Crippen LogP contribution in [-0.4, -0.2) is 12.6 Å². The van der Waals surface area contributed by atoms with Gasteiger partial charge in [0, 0.05) is 23.6 Å². The van der Waals surface area contributed by atoms with Crippen LogP contribution < -0.4 is 4.90 Å². The van der Waals surface area contributed by atoms with Crippen LogP contribution in [0.4, 0.5) is 18.9 Å². The van der Waals surface area contributed by atoms with E-state index in [9.17, 15) is 13.2 Å². The Morgan fingerprint density at radius 2 is 2.00 bits per heavy atom. The number of rotatable bonds is 3. The summed E-state index contributed by atoms with van der Waals surface area (Å²) in [4.78, 5) is 1.98. The quantitative estimate of drug-likeness (QED) is 0.617. The van der Waals surface area contributed by atoms with E-state index in [1.807, 2.05) is 4.90 Å². The van der Waals surface area contributed by atoms with E-state index in [1.54, 1.807) is 12.1 Å². The van der Waals surface area contributed by atoms with Crippen LogP contribution in [0.3, 0.4) is 0 Å². The highest BCUT2D eigenvalue weighted by Crippen LogP contribution is 2.39. The van der Waals surface area contributed by atoms with Crippen molar-refractivity contribution in [2.24, 2.45) is 0 Å². The Morgan fingerprint density at radius 1 is 1.24 bits per heavy atom. The van der Waals surface area contributed by atoms with Crippen molar-refractivity contribution in [2.45, 2.75) is 56.6 Å². The number of hydrogen-bond acceptors (Lipinski definition) is 1. The summed E-state index contributed by atoms with van der Waals surface area (Å²) in [6, 6.07) is 4.93. The topological polar surface area (TPSA) is 3.24 Å². The van der Waals surface area contributed by atoms with Gasteiger partial charge in [-0.25, -0.2) is 0 Å². The third-order valence-electron chi connectivity index (χ3n) is 4.18. The van der Waals surface area contributed by atoms with Crippen LogP contribution in [0.25, 0.3) is 0 Å². The molecule has 118 valence electrons. The summed E-state index contributed by atoms with van der Waals surface area (Å²) in [5, 5.41) is 0.438. The fourth-order valence-electron chi connectivity index (χ4n) is 3.06. The van der Waals surface area contributed by atoms with Crippen molar-refractivity contribution >= 4 is 21.6 Å². The van der Waals surface area contributed by atoms with Crippen molar-refractivity contribution in [3.05, 3.63) is 29.3 Å². The van der Waals surface area contributed by atoms with Gasteiger partial charge in [0.05, 0.1) is 5.56 Å². The van der Waals surface area contributed by atoms with Gasteiger partial charge < -0.3 is 4.90 Å². The van der Waals surface area contributed by atoms with Gasteiger partial charge in [0.2, 0.25) is 0 Å². The van der Waals surface area contributed by atoms with Crippen LogP contribution in [0.1, 0.15) is 50.2 Å². The number of benzene rings is 1. The molecule has 0 aromatic heterocycles. The van der Waals surface area contributed by atoms with E-state index in [2.05, 4.69) is 22.9 Å². The first-order valence-electron chi connectivity index (χ1n) is 7.50. The number of halogens is 4. The standard InChI is InChI=1S/C16H21BrF3N/c1-2-13-6-4-3-5-9-21(13)15-8-7-12(11-17)10-14(15)16(18,19)20/h7-8,10,13H,2-6,9,11H2,1H3. The van der Waals surface area contributed by atoms with E-state index in [1.165, 1.54) is 6.07 Å². The molecule has 1 fully saturated rings. The van der Waals surface area contributed by atoms with Gasteiger partial charge >= 0.3 is 6.18 Å². The minimum Gasteiger partial charge on any atom is -0.368 e. The Kier molecular flexibility index (Phi) is 5.58. The predicted octanol–water partition coefficient (Wildman–Crippen LogP) is 5.76. The summed E-state index contributed by atoms with van der Waals surface area (Å²) in [5.74, 6) is 0. The molecule has 1 saturated heterocycles. The molecular weight excluding hydrogens is 343 g/mol. The molecule has 0 amide bonds. The van der Waals surface area contributed by atoms with Crippen LogP contribution in [0.5, 0.6) is 0 Å². The number of nitrogens with zero attached hydrogens (tertiary/aromatic N) is 1. The Labute approximate surface area is 132 Å². The van der Waals surface area contributed by atoms with Gasteiger partial charge in [0.15, 0.2) is 0 Å². The molecule has 1 unspecified atom stereocenters. The molecule has 1 aromatic rings. The Balaban J connectivity index is 2.45. The summed E-state index contributed by atoms with van der Waals surface area (Å²) in [7, 11) is 0. The third kappa shape index (κ3) is 3.93. The second-order valence-electron chi connectivity index (χ2n) is 5.59. The van der Waals surface area contributed by atoms with Gasteiger partial charge in [-0.2, -0.15) is 13.2 Å². The van der Waals surface area contributed by atoms with Crippen molar-refractivity contribution in [1.82, 2.24) is 0 Å². The fourth-order valence-corrected chi connectivity index (χ4v) is 3.41. The van der Waals surface area contributed by atoms with Crippen LogP contribution in [0, 0.1) is 0 Å². The molecule has 0 radical (unpaired) electrons. The lowest BCUT2D eigenvalue weighted by molar-refractivity contribution is -0.137. The van der Waals surface area contributed by atoms with Gasteiger partial charge in [0.25, 0.3) is 0 Å². The average molecular weight is 364 g/mol. The van der Waals surface area contributed by atoms with Gasteiger partial charge in [0.1, 0.15) is 0 Å². The number of hydrogen-bond donors (Lipinski definition) is 0. The first-order valence-corrected chi connectivity index (χ1v) is 8.62. The van der Waals surface area contributed by atoms with Crippen LogP contribution in [0.15, 0.2) is 18.2 Å². The van der Waals surface area contributed by atoms with E-state index in [0.717, 1.165) is 38.6 Å². The van der Waals surface area contributed by atoms with Crippen LogP contribution in [0.2, 0.25) is 0 Å². The van der Waals surface area contributed by atoms with Crippen LogP contribution >= 0.6 is 15.9 Å². The SMILES string of the molecule is CCC1CCCCCN1c1ccc(CBr)cc1C(F)(F)F. The molecule has 1 heterocycles. The summed E-state index contributed by atoms with van der Waals surface area (Å²) in [6.07, 6.45) is 0.737. The molecule has 1 atom stereocenters. The Hall–Kier alpha value is -0.710. The summed E-state index contributed by atoms with van der Waals surface area (Å²) < 4.78 is 40.2. The largest absolute Gasteiger partial charge is 0.418 e. The average Bonchev–Trinajstić information content (AvgIpc) is 2.70. The molecule has 21 heavy (non-hydrogen) atoms. The molecule has 0 aliphatic carbocycles. The molecule has 1 aromatic carbocycles. The highest BCUT2D eigenvalue weighted by molar-refractivity contribution is 9.08. The van der Waals surface area contributed by atoms with E-state index < -0.39 is 11.7 Å². The number of anilines is 1. The summed E-state index contributed by atoms with van der Waals surface area (Å²) >= 11 is 3.24. The zero-order chi connectivity index (χ0) is 15.5. The van der Waals surface area contributed by atoms with Gasteiger partial charge in [-0.05, 0) is 37.0 Å². The first-order chi connectivity index (χ1) is 9.97. The maximum atomic E-state index is 13.4. The lowest BCUT2D eigenvalue weighted by Crippen LogP contribution is -2.35. The zero-order valence-corrected chi connectivity index (χ0v) is 13.8. The normalized spacial score (nSPS) is 20.4. The summed E-state index contributed by atoms with van der Waals surface area (Å²) in [6.45, 7) is 2.78. The number of alkyl halides is 4. The maximum Gasteiger partial charge on any atom is 0.418 e. The molecule has 0 saturated carbocycles. The van der Waals surface area contributed by atoms with Gasteiger partial charge in [-0.1, -0.05) is 41.8 Å². The highest BCUT2D eigenvalue weighted by atomic mass is 79.9. The molecular formula is C16H21BrF3N. The third-order valence-corrected chi connectivity index (χ3v) is 4.83. The van der Waals surface area contributed by atoms with E-state index >= 15 is 0 Å². The second kappa shape index (κ2) is 7.03. The van der Waals surface area contributed by atoms with Crippen LogP contribution in [-0.2, 0) is 11.5 Å². The molecule has 1 aliphatic heterocycles. The fraction of sp³-hybridized carbons (Fsp3) is 0.625. The van der Waals surface area contributed by atoms with Gasteiger partial charge in [-0.3, -0.25) is 0 Å². The van der Waals surface area contributed by atoms with Crippen molar-refractivity contribution < 1.29 is 13.2 Å². The molecule has 0 N–H and O–H groups in total. The first kappa shape index (κ1) is 16.7. The second-order valence-corrected chi connectivity index (χ2v) is 6.15. The van der Waals surface area contributed by atoms with Crippen molar-refractivity contribution in [2.75, 3.05) is 11.4 Å². The minimum atomic E-state index is -4.31. The highest BCUT2D eigenvalue weighted by Gasteiger charge is 2.36. The molecule has 2 rings (SSSR count). The van der Waals surface area contributed by atoms with E-state index in [0.29, 0.717) is 16.6 Å². The monoisotopic (exact) mass is 363 g/mol. The van der Waals surface area contributed by atoms with Crippen molar-refractivity contribution in [1.29, 1.82) is 0 Å². The molecule has 1 aliphatic rings. The van der Waals surface area contributed by atoms with Crippen molar-refractivity contribution in [3.8, 4) is 0 Å². The Bertz CT molecular complexity index is 473. The Morgan fingerprint density at radius 3 is 2.62 bits per heavy atom. The van der Waals surface area contributed by atoms with E-state index in [-0.39, 0.29) is 6.04 Å². The predicted molar refractivity (Wildman–Crippen MR) is 84.0 cm³/mol. The lowest BCUT2D eigenvalue weighted by atomic mass is 10.0. The maximum absolute atomic E-state index is 13.4. The smallest absolute Gasteiger partial charge is 0.368 e. The van der Waals surface area contributed by atoms with Gasteiger partial charge in [-0.15, -0.1) is 0 Å². The summed E-state index contributed by atoms with van der Waals surface area (Å²) in [5.41, 5.74) is 0.509. The molecule has 0 bridgehead atoms. The minimum absolute atomic E-state index is 0.212. The van der Waals surface area contributed by atoms with E-state index in [4.69, 9.17) is 0 Å². The van der Waals surface area contributed by atoms with Crippen molar-refractivity contribution in [3.63, 3.8) is 0 Å². The lowest BCUT2D eigenvalue weighted by Gasteiger charge is -2.33. The molecule has 0 spiro atoms.